The molecule has 710 valence electrons. The number of hydrogen-bond donors (Lipinski definition) is 6. The summed E-state index contributed by atoms with van der Waals surface area (Å²) >= 11 is 7.72. The lowest BCUT2D eigenvalue weighted by molar-refractivity contribution is 0.00908. The number of nitrogens with one attached hydrogen (secondary N) is 5. The number of benzene rings is 5. The first kappa shape index (κ1) is 98.4. The van der Waals surface area contributed by atoms with Crippen molar-refractivity contribution in [3.05, 3.63) is 170 Å². The van der Waals surface area contributed by atoms with Crippen molar-refractivity contribution in [3.8, 4) is 143 Å². The summed E-state index contributed by atoms with van der Waals surface area (Å²) in [6.07, 6.45) is 31.5. The molecule has 136 heavy (non-hydrogen) atoms. The predicted octanol–water partition coefficient (Wildman–Crippen LogP) is 20.4. The van der Waals surface area contributed by atoms with Gasteiger partial charge in [-0.25, -0.2) is 59.8 Å². The van der Waals surface area contributed by atoms with Gasteiger partial charge in [0, 0.05) is 83.0 Å². The van der Waals surface area contributed by atoms with Crippen molar-refractivity contribution < 1.29 is 81.0 Å². The van der Waals surface area contributed by atoms with Crippen molar-refractivity contribution in [2.75, 3.05) is 107 Å². The normalized spacial score (nSPS) is 13.2. The Balaban J connectivity index is 0.000000133. The summed E-state index contributed by atoms with van der Waals surface area (Å²) in [6, 6.07) is 22.3. The number of halogens is 3. The van der Waals surface area contributed by atoms with Crippen molar-refractivity contribution in [2.24, 2.45) is 17.9 Å². The molecular formula is C98H105BrI2N18O17. The van der Waals surface area contributed by atoms with E-state index in [0.717, 1.165) is 158 Å². The Kier molecular flexibility index (Phi) is 32.0. The number of methoxy groups -OCH3 is 15. The van der Waals surface area contributed by atoms with E-state index in [4.69, 9.17) is 86.0 Å². The molecule has 2 saturated carbocycles. The van der Waals surface area contributed by atoms with Crippen LogP contribution in [-0.4, -0.2) is 207 Å². The number of ether oxygens (including phenoxy) is 15. The summed E-state index contributed by atoms with van der Waals surface area (Å²) in [7, 11) is 25.7. The van der Waals surface area contributed by atoms with Crippen LogP contribution in [0.15, 0.2) is 152 Å². The fourth-order valence-electron chi connectivity index (χ4n) is 16.5. The van der Waals surface area contributed by atoms with Crippen LogP contribution in [0.25, 0.3) is 123 Å². The third-order valence-corrected chi connectivity index (χ3v) is 25.7. The molecule has 0 bridgehead atoms. The van der Waals surface area contributed by atoms with Gasteiger partial charge >= 0.3 is 0 Å². The third-order valence-electron chi connectivity index (χ3n) is 23.7. The minimum Gasteiger partial charge on any atom is -0.493 e. The Hall–Kier alpha value is -13.6. The van der Waals surface area contributed by atoms with Crippen LogP contribution in [0.1, 0.15) is 100 Å². The zero-order valence-electron chi connectivity index (χ0n) is 78.4. The second-order valence-corrected chi connectivity index (χ2v) is 35.1. The Morgan fingerprint density at radius 3 is 1.10 bits per heavy atom. The van der Waals surface area contributed by atoms with Crippen LogP contribution in [0.2, 0.25) is 0 Å². The largest absolute Gasteiger partial charge is 0.493 e. The lowest BCUT2D eigenvalue weighted by Gasteiger charge is -2.37. The fourth-order valence-corrected chi connectivity index (χ4v) is 18.1. The number of aliphatic hydroxyl groups is 1. The molecule has 17 aromatic rings. The van der Waals surface area contributed by atoms with Gasteiger partial charge in [0.15, 0.2) is 97.2 Å². The molecule has 12 heterocycles. The van der Waals surface area contributed by atoms with Gasteiger partial charge in [0.2, 0.25) is 28.7 Å². The number of carbonyl (C=O) groups excluding carboxylic acids is 1. The van der Waals surface area contributed by atoms with Crippen LogP contribution >= 0.6 is 61.1 Å². The standard InChI is InChI=1S/C23H29N3O4.C23H27N3O4.C16H16IN3O3.C15H14IN3O3.C15H15N3O3.C6H4BrN3/c2*1-23(8-6-5-7-9-23)21(27)15-12-24-22-19(15)26-16(13-25-22)14-10-17(28-2)20(30-4)18(11-14)29-3;1-20-8-10(17)14-16(20)18-7-11(19-14)9-5-12(21-2)15(23-4)13(6-9)22-3;1-20-11-4-8(5-12(21-2)14(11)22-3)10-7-18-15-13(19-10)9(16)6-17-15;1-19-12-6-9(7-13(20-2)14(12)21-3)11-8-17-15-10(18-11)4-5-16-15;7-5-3-9-6-4(10-5)1-2-8-6/h10-13,21,27H,5-9H2,1-4H3,(H,24,25);10-13H,5-9H2,1-4H3,(H,24,25);5-8H,1-4H3;4-7H,1-3H3,(H,17,18);4-8H,1-3H3,(H,16,17);1-3H,(H,8,9). The topological polar surface area (TPSA) is 414 Å². The van der Waals surface area contributed by atoms with Crippen LogP contribution in [0, 0.1) is 18.0 Å². The molecular weight excluding hydrogens is 2030 g/mol. The van der Waals surface area contributed by atoms with Gasteiger partial charge < -0.3 is 106 Å². The quantitative estimate of drug-likeness (QED) is 0.0242. The van der Waals surface area contributed by atoms with Gasteiger partial charge in [0.05, 0.1) is 191 Å². The number of aliphatic hydroxyl groups excluding tert-OH is 1. The summed E-state index contributed by atoms with van der Waals surface area (Å²) in [4.78, 5) is 82.8. The van der Waals surface area contributed by atoms with Crippen molar-refractivity contribution in [3.63, 3.8) is 0 Å². The lowest BCUT2D eigenvalue weighted by atomic mass is 9.70. The molecule has 0 saturated heterocycles. The van der Waals surface area contributed by atoms with E-state index < -0.39 is 6.10 Å². The molecule has 0 radical (unpaired) electrons. The van der Waals surface area contributed by atoms with E-state index in [1.807, 2.05) is 115 Å². The SMILES string of the molecule is Brc1cnc2[nH]ccc2n1.COc1cc(-c2cnc3[nH]cc(C(=O)C4(C)CCCCC4)c3n2)cc(OC)c1OC.COc1cc(-c2cnc3[nH]cc(C(O)C4(C)CCCCC4)c3n2)cc(OC)c1OC.COc1cc(-c2cnc3[nH]cc(I)c3n2)cc(OC)c1OC.COc1cc(-c2cnc3[nH]ccc3n2)cc(OC)c1OC.COc1cc(-c2cnc3c(n2)c(I)cn3C)cc(OC)c1OC. The first-order valence-electron chi connectivity index (χ1n) is 43.1. The zero-order valence-corrected chi connectivity index (χ0v) is 84.3. The predicted molar refractivity (Wildman–Crippen MR) is 538 cm³/mol. The van der Waals surface area contributed by atoms with Crippen LogP contribution in [0.4, 0.5) is 0 Å². The molecule has 38 heteroatoms. The number of nitrogens with zero attached hydrogens (tertiary/aromatic N) is 13. The number of aryl methyl sites for hydroxylation is 1. The molecule has 1 atom stereocenters. The number of hydrogen-bond acceptors (Lipinski definition) is 29. The number of carbonyl (C=O) groups is 1. The molecule has 12 aromatic heterocycles. The summed E-state index contributed by atoms with van der Waals surface area (Å²) in [5.74, 6) is 8.55. The van der Waals surface area contributed by atoms with E-state index in [9.17, 15) is 9.90 Å². The molecule has 2 aliphatic rings. The Morgan fingerprint density at radius 1 is 0.375 bits per heavy atom. The average Bonchev–Trinajstić information content (AvgIpc) is 1.61. The maximum Gasteiger partial charge on any atom is 0.203 e. The zero-order chi connectivity index (χ0) is 96.6. The summed E-state index contributed by atoms with van der Waals surface area (Å²) < 4.78 is 85.7. The summed E-state index contributed by atoms with van der Waals surface area (Å²) in [5, 5.41) is 11.2. The van der Waals surface area contributed by atoms with Crippen molar-refractivity contribution in [1.82, 2.24) is 89.3 Å². The highest BCUT2D eigenvalue weighted by molar-refractivity contribution is 14.1. The molecule has 2 aliphatic carbocycles. The highest BCUT2D eigenvalue weighted by Crippen LogP contribution is 2.50. The van der Waals surface area contributed by atoms with E-state index in [1.54, 1.807) is 150 Å². The van der Waals surface area contributed by atoms with Gasteiger partial charge in [-0.15, -0.1) is 0 Å². The number of aromatic nitrogens is 18. The van der Waals surface area contributed by atoms with Crippen LogP contribution in [0.5, 0.6) is 86.2 Å². The summed E-state index contributed by atoms with van der Waals surface area (Å²) in [5.41, 5.74) is 17.7. The number of aromatic amines is 5. The highest BCUT2D eigenvalue weighted by Gasteiger charge is 2.39. The average molecular weight is 2140 g/mol. The van der Waals surface area contributed by atoms with E-state index >= 15 is 0 Å². The maximum absolute atomic E-state index is 13.4. The fraction of sp³-hybridized carbons (Fsp3) is 0.316. The molecule has 35 nitrogen and oxygen atoms in total. The van der Waals surface area contributed by atoms with Crippen molar-refractivity contribution in [1.29, 1.82) is 0 Å². The van der Waals surface area contributed by atoms with Crippen molar-refractivity contribution in [2.45, 2.75) is 84.2 Å². The first-order chi connectivity index (χ1) is 65.9. The van der Waals surface area contributed by atoms with Crippen LogP contribution in [-0.2, 0) is 7.05 Å². The molecule has 0 spiro atoms. The van der Waals surface area contributed by atoms with E-state index in [2.05, 4.69) is 145 Å². The van der Waals surface area contributed by atoms with Crippen LogP contribution in [0.3, 0.4) is 0 Å². The smallest absolute Gasteiger partial charge is 0.203 e. The van der Waals surface area contributed by atoms with Gasteiger partial charge in [-0.2, -0.15) is 0 Å². The van der Waals surface area contributed by atoms with E-state index in [1.165, 1.54) is 12.8 Å². The van der Waals surface area contributed by atoms with E-state index in [0.29, 0.717) is 126 Å². The summed E-state index contributed by atoms with van der Waals surface area (Å²) in [6.45, 7) is 4.25. The highest BCUT2D eigenvalue weighted by atomic mass is 127. The Bertz CT molecular complexity index is 6970. The minimum absolute atomic E-state index is 0.141. The lowest BCUT2D eigenvalue weighted by Crippen LogP contribution is -2.30. The Morgan fingerprint density at radius 2 is 0.699 bits per heavy atom. The van der Waals surface area contributed by atoms with Gasteiger partial charge in [0.25, 0.3) is 0 Å². The second kappa shape index (κ2) is 44.3. The van der Waals surface area contributed by atoms with Gasteiger partial charge in [-0.05, 0) is 165 Å². The molecule has 19 rings (SSSR count). The number of ketones is 1. The molecule has 0 aliphatic heterocycles. The van der Waals surface area contributed by atoms with Crippen molar-refractivity contribution >= 4 is 134 Å². The number of H-pyrrole nitrogens is 5. The number of rotatable bonds is 24. The number of Topliss-reactive ketones (excluding diaryl/α,β-unsaturated/α-hetero) is 1. The minimum atomic E-state index is -0.587. The third kappa shape index (κ3) is 21.1. The molecule has 1 unspecified atom stereocenters. The molecule has 2 fully saturated rings. The molecule has 6 N–H and O–H groups in total. The van der Waals surface area contributed by atoms with E-state index in [-0.39, 0.29) is 16.6 Å². The molecule has 5 aromatic carbocycles. The number of fused-ring (bicyclic) bond motifs is 6. The monoisotopic (exact) mass is 2140 g/mol. The van der Waals surface area contributed by atoms with Gasteiger partial charge in [-0.1, -0.05) is 52.4 Å². The molecule has 0 amide bonds. The van der Waals surface area contributed by atoms with Gasteiger partial charge in [-0.3, -0.25) is 4.79 Å². The first-order valence-corrected chi connectivity index (χ1v) is 46.0. The second-order valence-electron chi connectivity index (χ2n) is 32.0. The van der Waals surface area contributed by atoms with Crippen LogP contribution < -0.4 is 71.1 Å². The maximum atomic E-state index is 13.4. The Labute approximate surface area is 819 Å². The van der Waals surface area contributed by atoms with Gasteiger partial charge in [0.1, 0.15) is 37.7 Å².